The molecule has 1 aromatic rings. The van der Waals surface area contributed by atoms with Crippen molar-refractivity contribution in [2.24, 2.45) is 41.2 Å². The van der Waals surface area contributed by atoms with E-state index in [1.165, 1.54) is 50.3 Å². The summed E-state index contributed by atoms with van der Waals surface area (Å²) in [6.07, 6.45) is 4.81. The molecular weight excluding hydrogens is 1330 g/mol. The van der Waals surface area contributed by atoms with Gasteiger partial charge in [0.2, 0.25) is 53.2 Å². The zero-order chi connectivity index (χ0) is 75.0. The van der Waals surface area contributed by atoms with Gasteiger partial charge in [-0.15, -0.1) is 0 Å². The first kappa shape index (κ1) is 86.4. The van der Waals surface area contributed by atoms with Crippen LogP contribution in [0, 0.1) is 35.5 Å². The Balaban J connectivity index is 1.33. The van der Waals surface area contributed by atoms with Crippen LogP contribution in [0.4, 0.5) is 4.79 Å². The molecule has 2 saturated heterocycles. The van der Waals surface area contributed by atoms with Crippen LogP contribution in [0.2, 0.25) is 0 Å². The highest BCUT2D eigenvalue weighted by molar-refractivity contribution is 8.00. The Morgan fingerprint density at radius 1 is 0.760 bits per heavy atom. The summed E-state index contributed by atoms with van der Waals surface area (Å²) in [5.41, 5.74) is 4.91. The molecule has 1 aliphatic carbocycles. The number of nitrogens with one attached hydrogen (secondary N) is 6. The molecule has 2 aliphatic heterocycles. The van der Waals surface area contributed by atoms with Crippen molar-refractivity contribution in [3.8, 4) is 0 Å². The van der Waals surface area contributed by atoms with Crippen LogP contribution in [0.15, 0.2) is 29.2 Å². The lowest BCUT2D eigenvalue weighted by molar-refractivity contribution is -0.148. The third-order valence-corrected chi connectivity index (χ3v) is 23.1. The number of thioether (sulfide) groups is 1. The Hall–Kier alpha value is -6.02. The van der Waals surface area contributed by atoms with E-state index in [4.69, 9.17) is 29.4 Å². The topological polar surface area (TPSA) is 362 Å². The highest BCUT2D eigenvalue weighted by atomic mass is 32.2. The summed E-state index contributed by atoms with van der Waals surface area (Å²) in [5, 5.41) is 14.1. The predicted octanol–water partition coefficient (Wildman–Crippen LogP) is 4.05. The van der Waals surface area contributed by atoms with Crippen molar-refractivity contribution < 1.29 is 80.0 Å². The highest BCUT2D eigenvalue weighted by Gasteiger charge is 2.50. The Labute approximate surface area is 598 Å². The van der Waals surface area contributed by atoms with E-state index in [2.05, 4.69) is 31.3 Å². The lowest BCUT2D eigenvalue weighted by atomic mass is 9.85. The van der Waals surface area contributed by atoms with E-state index >= 15 is 0 Å². The maximum atomic E-state index is 14.5. The molecule has 3 aliphatic rings. The maximum absolute atomic E-state index is 14.5. The van der Waals surface area contributed by atoms with Gasteiger partial charge in [-0.2, -0.15) is 11.8 Å². The van der Waals surface area contributed by atoms with Crippen molar-refractivity contribution in [2.75, 3.05) is 101 Å². The number of primary amides is 1. The first-order chi connectivity index (χ1) is 47.2. The number of sulfonamides is 1. The van der Waals surface area contributed by atoms with E-state index in [1.807, 2.05) is 80.6 Å². The lowest BCUT2D eigenvalue weighted by Crippen LogP contribution is -2.59. The Kier molecular flexibility index (Phi) is 35.2. The van der Waals surface area contributed by atoms with E-state index in [0.717, 1.165) is 12.8 Å². The molecule has 3 fully saturated rings. The second kappa shape index (κ2) is 40.7. The van der Waals surface area contributed by atoms with Crippen LogP contribution in [-0.4, -0.2) is 241 Å². The standard InChI is InChI=1S/C70H119N11O17S2/c1-18-46(10)60(79(14)67(90)58(44(6)7)75-65(88)59(45(8)9)78(12)13)53(94-15)42-56(84)80-33-22-24-52(80)61(95-16)47(11)62(85)77-100(92,93)49-27-25-48(26-28-49)69(30-31-69)76-63(86)51(23-21-32-72-68(71)91)73-64(87)57(43(4)5)74-54(82)29-35-96-37-39-98-40-38-97-36-34-81-55(83)41-50(66(81)89)70(19-2,20-3)99-17/h25-28,43-47,50-53,57-61H,18-24,29-42H2,1-17H3,(H,73,87)(H,74,82)(H,75,88)(H,76,86)(H,77,85)(H3,71,72,91)/t46-,47?,50?,51-,52-,53+,57-,58-,59-,60-,61+/m0/s1. The quantitative estimate of drug-likeness (QED) is 0.0357. The molecule has 11 amide bonds. The molecule has 2 heterocycles. The zero-order valence-corrected chi connectivity index (χ0v) is 64.0. The van der Waals surface area contributed by atoms with E-state index in [9.17, 15) is 56.4 Å². The number of ether oxygens (including phenoxy) is 5. The second-order valence-electron chi connectivity index (χ2n) is 28.0. The fourth-order valence-electron chi connectivity index (χ4n) is 13.8. The van der Waals surface area contributed by atoms with Gasteiger partial charge in [0.25, 0.3) is 10.0 Å². The number of hydrogen-bond acceptors (Lipinski definition) is 19. The van der Waals surface area contributed by atoms with Gasteiger partial charge in [-0.05, 0) is 113 Å². The summed E-state index contributed by atoms with van der Waals surface area (Å²) in [4.78, 5) is 141. The Bertz CT molecular complexity index is 2970. The fraction of sp³-hybridized carbons (Fsp3) is 0.771. The average molecular weight is 1450 g/mol. The number of hydrogen-bond donors (Lipinski definition) is 7. The summed E-state index contributed by atoms with van der Waals surface area (Å²) < 4.78 is 58.7. The van der Waals surface area contributed by atoms with Crippen molar-refractivity contribution in [3.05, 3.63) is 29.8 Å². The minimum atomic E-state index is -4.49. The maximum Gasteiger partial charge on any atom is 0.312 e. The predicted molar refractivity (Wildman–Crippen MR) is 380 cm³/mol. The van der Waals surface area contributed by atoms with Gasteiger partial charge in [0.15, 0.2) is 0 Å². The van der Waals surface area contributed by atoms with Crippen molar-refractivity contribution in [2.45, 2.75) is 217 Å². The number of likely N-dealkylation sites (N-methyl/N-ethyl adjacent to an activating group) is 2. The third kappa shape index (κ3) is 23.8. The van der Waals surface area contributed by atoms with Crippen LogP contribution in [-0.2, 0) is 82.4 Å². The molecule has 8 N–H and O–H groups in total. The summed E-state index contributed by atoms with van der Waals surface area (Å²) in [5.74, 6) is -5.97. The van der Waals surface area contributed by atoms with Crippen LogP contribution < -0.4 is 37.0 Å². The number of carbonyl (C=O) groups is 10. The molecule has 568 valence electrons. The third-order valence-electron chi connectivity index (χ3n) is 20.0. The largest absolute Gasteiger partial charge is 0.379 e. The first-order valence-electron chi connectivity index (χ1n) is 35.5. The van der Waals surface area contributed by atoms with Gasteiger partial charge in [-0.3, -0.25) is 53.0 Å². The van der Waals surface area contributed by atoms with Crippen molar-refractivity contribution >= 4 is 81.0 Å². The molecule has 1 aromatic carbocycles. The lowest BCUT2D eigenvalue weighted by Gasteiger charge is -2.41. The highest BCUT2D eigenvalue weighted by Crippen LogP contribution is 2.46. The van der Waals surface area contributed by atoms with Crippen molar-refractivity contribution in [1.29, 1.82) is 0 Å². The van der Waals surface area contributed by atoms with Crippen LogP contribution >= 0.6 is 11.8 Å². The molecule has 11 atom stereocenters. The first-order valence-corrected chi connectivity index (χ1v) is 38.2. The molecule has 0 radical (unpaired) electrons. The Morgan fingerprint density at radius 3 is 1.88 bits per heavy atom. The summed E-state index contributed by atoms with van der Waals surface area (Å²) in [6.45, 7) is 22.4. The number of likely N-dealkylation sites (tertiary alicyclic amines) is 2. The van der Waals surface area contributed by atoms with E-state index < -0.39 is 106 Å². The fourth-order valence-corrected chi connectivity index (χ4v) is 15.9. The molecule has 0 bridgehead atoms. The number of carbonyl (C=O) groups excluding carboxylic acids is 10. The molecule has 0 aromatic heterocycles. The number of urea groups is 1. The van der Waals surface area contributed by atoms with E-state index in [-0.39, 0.29) is 148 Å². The molecule has 4 rings (SSSR count). The van der Waals surface area contributed by atoms with Gasteiger partial charge < -0.3 is 65.8 Å². The molecule has 0 spiro atoms. The number of amides is 11. The molecule has 28 nitrogen and oxygen atoms in total. The minimum Gasteiger partial charge on any atom is -0.379 e. The summed E-state index contributed by atoms with van der Waals surface area (Å²) in [7, 11) is 3.72. The number of imide groups is 1. The number of methoxy groups -OCH3 is 2. The number of nitrogens with zero attached hydrogens (tertiary/aromatic N) is 4. The van der Waals surface area contributed by atoms with Crippen LogP contribution in [0.5, 0.6) is 0 Å². The van der Waals surface area contributed by atoms with E-state index in [1.54, 1.807) is 42.5 Å². The van der Waals surface area contributed by atoms with Gasteiger partial charge in [0.1, 0.15) is 18.1 Å². The van der Waals surface area contributed by atoms with Crippen LogP contribution in [0.1, 0.15) is 159 Å². The summed E-state index contributed by atoms with van der Waals surface area (Å²) >= 11 is 1.64. The molecule has 2 unspecified atom stereocenters. The number of benzene rings is 1. The molecule has 30 heteroatoms. The van der Waals surface area contributed by atoms with E-state index in [0.29, 0.717) is 44.2 Å². The molecule has 1 saturated carbocycles. The normalized spacial score (nSPS) is 19.0. The molecule has 100 heavy (non-hydrogen) atoms. The average Bonchev–Trinajstić information content (AvgIpc) is 1.61. The Morgan fingerprint density at radius 2 is 1.36 bits per heavy atom. The number of rotatable bonds is 46. The molecular formula is C70H119N11O17S2. The monoisotopic (exact) mass is 1450 g/mol. The van der Waals surface area contributed by atoms with Crippen LogP contribution in [0.25, 0.3) is 0 Å². The minimum absolute atomic E-state index is 0.0201. The van der Waals surface area contributed by atoms with Gasteiger partial charge in [0, 0.05) is 51.9 Å². The van der Waals surface area contributed by atoms with Gasteiger partial charge in [-0.25, -0.2) is 17.9 Å². The second-order valence-corrected chi connectivity index (χ2v) is 30.9. The van der Waals surface area contributed by atoms with Crippen LogP contribution in [0.3, 0.4) is 0 Å². The van der Waals surface area contributed by atoms with Crippen molar-refractivity contribution in [3.63, 3.8) is 0 Å². The summed E-state index contributed by atoms with van der Waals surface area (Å²) in [6, 6.07) is 0.242. The van der Waals surface area contributed by atoms with Gasteiger partial charge >= 0.3 is 6.03 Å². The smallest absolute Gasteiger partial charge is 0.312 e. The zero-order valence-electron chi connectivity index (χ0n) is 62.4. The van der Waals surface area contributed by atoms with Crippen molar-refractivity contribution in [1.82, 2.24) is 50.9 Å². The SMILES string of the molecule is CC[C@H](C)[C@@H]([C@@H](CC(=O)N1CCC[C@H]1[C@H](OC)C(C)C(=O)NS(=O)(=O)c1ccc(C2(NC(=O)[C@H](CCCNC(N)=O)NC(=O)[C@@H](NC(=O)CCOCCOCCOCCN3C(=O)CC(C(CC)(CC)SC)C3=O)C(C)C)CC2)cc1)OC)N(C)C(=O)[C@@H](NC(=O)[C@H](C(C)C)N(C)C)C(C)C. The van der Waals surface area contributed by atoms with Gasteiger partial charge in [-0.1, -0.05) is 94.7 Å². The number of nitrogens with two attached hydrogens (primary N) is 1. The van der Waals surface area contributed by atoms with Gasteiger partial charge in [0.05, 0.1) is 105 Å².